The van der Waals surface area contributed by atoms with Crippen molar-refractivity contribution in [2.45, 2.75) is 33.2 Å². The normalized spacial score (nSPS) is 15.5. The molecule has 13 heavy (non-hydrogen) atoms. The molecule has 4 N–H and O–H groups in total. The minimum absolute atomic E-state index is 0.441. The Labute approximate surface area is 80.2 Å². The second-order valence-electron chi connectivity index (χ2n) is 3.61. The SMILES string of the molecule is C/C=C/C(C)=C\N=C(N)C(C)(C)N. The first-order chi connectivity index (χ1) is 5.88. The number of nitrogens with zero attached hydrogens (tertiary/aromatic N) is 1. The first-order valence-corrected chi connectivity index (χ1v) is 4.30. The van der Waals surface area contributed by atoms with Gasteiger partial charge < -0.3 is 11.5 Å². The lowest BCUT2D eigenvalue weighted by atomic mass is 10.1. The van der Waals surface area contributed by atoms with E-state index in [4.69, 9.17) is 11.5 Å². The summed E-state index contributed by atoms with van der Waals surface area (Å²) in [4.78, 5) is 4.07. The molecule has 0 spiro atoms. The molecule has 0 aromatic rings. The molecule has 3 nitrogen and oxygen atoms in total. The molecular formula is C10H19N3. The van der Waals surface area contributed by atoms with Crippen LogP contribution >= 0.6 is 0 Å². The van der Waals surface area contributed by atoms with Crippen LogP contribution in [0.4, 0.5) is 0 Å². The maximum atomic E-state index is 5.74. The summed E-state index contributed by atoms with van der Waals surface area (Å²) in [6, 6.07) is 0. The molecule has 0 amide bonds. The predicted octanol–water partition coefficient (Wildman–Crippen LogP) is 1.56. The third kappa shape index (κ3) is 5.20. The van der Waals surface area contributed by atoms with E-state index in [-0.39, 0.29) is 0 Å². The molecule has 74 valence electrons. The third-order valence-electron chi connectivity index (χ3n) is 1.50. The second kappa shape index (κ2) is 4.82. The quantitative estimate of drug-likeness (QED) is 0.394. The largest absolute Gasteiger partial charge is 0.386 e. The van der Waals surface area contributed by atoms with Crippen molar-refractivity contribution in [3.05, 3.63) is 23.9 Å². The van der Waals surface area contributed by atoms with E-state index in [2.05, 4.69) is 4.99 Å². The summed E-state index contributed by atoms with van der Waals surface area (Å²) in [5.74, 6) is 0.441. The average molecular weight is 181 g/mol. The highest BCUT2D eigenvalue weighted by Gasteiger charge is 2.14. The van der Waals surface area contributed by atoms with Crippen LogP contribution < -0.4 is 11.5 Å². The molecule has 0 bridgehead atoms. The zero-order chi connectivity index (χ0) is 10.5. The molecule has 0 aromatic carbocycles. The van der Waals surface area contributed by atoms with Gasteiger partial charge in [-0.05, 0) is 33.3 Å². The van der Waals surface area contributed by atoms with Crippen LogP contribution in [0.25, 0.3) is 0 Å². The van der Waals surface area contributed by atoms with Gasteiger partial charge in [-0.15, -0.1) is 0 Å². The molecule has 0 unspecified atom stereocenters. The molecule has 0 aromatic heterocycles. The third-order valence-corrected chi connectivity index (χ3v) is 1.50. The van der Waals surface area contributed by atoms with Crippen molar-refractivity contribution < 1.29 is 0 Å². The number of hydrogen-bond acceptors (Lipinski definition) is 2. The molecule has 0 saturated carbocycles. The Bertz CT molecular complexity index is 241. The fourth-order valence-electron chi connectivity index (χ4n) is 0.644. The fourth-order valence-corrected chi connectivity index (χ4v) is 0.644. The van der Waals surface area contributed by atoms with Gasteiger partial charge in [0, 0.05) is 6.20 Å². The van der Waals surface area contributed by atoms with Crippen LogP contribution in [0.15, 0.2) is 28.9 Å². The Hall–Kier alpha value is -1.09. The summed E-state index contributed by atoms with van der Waals surface area (Å²) in [6.07, 6.45) is 5.62. The van der Waals surface area contributed by atoms with Gasteiger partial charge in [0.1, 0.15) is 5.84 Å². The van der Waals surface area contributed by atoms with Crippen molar-refractivity contribution in [3.63, 3.8) is 0 Å². The van der Waals surface area contributed by atoms with E-state index in [1.807, 2.05) is 39.8 Å². The van der Waals surface area contributed by atoms with Crippen molar-refractivity contribution in [2.75, 3.05) is 0 Å². The average Bonchev–Trinajstić information content (AvgIpc) is 1.99. The van der Waals surface area contributed by atoms with E-state index in [0.717, 1.165) is 5.57 Å². The van der Waals surface area contributed by atoms with Gasteiger partial charge in [0.15, 0.2) is 0 Å². The maximum absolute atomic E-state index is 5.74. The van der Waals surface area contributed by atoms with Crippen molar-refractivity contribution in [1.29, 1.82) is 0 Å². The molecule has 3 heteroatoms. The van der Waals surface area contributed by atoms with Crippen molar-refractivity contribution in [3.8, 4) is 0 Å². The van der Waals surface area contributed by atoms with Gasteiger partial charge in [-0.2, -0.15) is 0 Å². The van der Waals surface area contributed by atoms with Crippen molar-refractivity contribution in [1.82, 2.24) is 0 Å². The minimum atomic E-state index is -0.549. The second-order valence-corrected chi connectivity index (χ2v) is 3.61. The summed E-state index contributed by atoms with van der Waals surface area (Å²) >= 11 is 0. The summed E-state index contributed by atoms with van der Waals surface area (Å²) in [5.41, 5.74) is 11.9. The zero-order valence-corrected chi connectivity index (χ0v) is 8.83. The number of hydrogen-bond donors (Lipinski definition) is 2. The first kappa shape index (κ1) is 11.9. The summed E-state index contributed by atoms with van der Waals surface area (Å²) in [6.45, 7) is 7.56. The molecular weight excluding hydrogens is 162 g/mol. The van der Waals surface area contributed by atoms with E-state index in [9.17, 15) is 0 Å². The van der Waals surface area contributed by atoms with Gasteiger partial charge in [0.05, 0.1) is 5.54 Å². The number of aliphatic imine (C=N–C) groups is 1. The fraction of sp³-hybridized carbons (Fsp3) is 0.500. The summed E-state index contributed by atoms with van der Waals surface area (Å²) < 4.78 is 0. The molecule has 0 fully saturated rings. The Kier molecular flexibility index (Phi) is 4.42. The lowest BCUT2D eigenvalue weighted by Crippen LogP contribution is -2.46. The number of nitrogens with two attached hydrogens (primary N) is 2. The van der Waals surface area contributed by atoms with Crippen LogP contribution in [-0.4, -0.2) is 11.4 Å². The molecule has 0 aliphatic rings. The van der Waals surface area contributed by atoms with Crippen LogP contribution in [0, 0.1) is 0 Å². The van der Waals surface area contributed by atoms with Crippen molar-refractivity contribution >= 4 is 5.84 Å². The van der Waals surface area contributed by atoms with Crippen molar-refractivity contribution in [2.24, 2.45) is 16.5 Å². The van der Waals surface area contributed by atoms with Crippen LogP contribution in [0.1, 0.15) is 27.7 Å². The van der Waals surface area contributed by atoms with Gasteiger partial charge in [0.2, 0.25) is 0 Å². The molecule has 0 saturated heterocycles. The van der Waals surface area contributed by atoms with Gasteiger partial charge in [-0.1, -0.05) is 12.2 Å². The topological polar surface area (TPSA) is 64.4 Å². The predicted molar refractivity (Wildman–Crippen MR) is 58.5 cm³/mol. The molecule has 0 atom stereocenters. The van der Waals surface area contributed by atoms with Crippen LogP contribution in [0.3, 0.4) is 0 Å². The lowest BCUT2D eigenvalue weighted by Gasteiger charge is -2.16. The van der Waals surface area contributed by atoms with E-state index < -0.39 is 5.54 Å². The van der Waals surface area contributed by atoms with E-state index in [1.54, 1.807) is 6.20 Å². The van der Waals surface area contributed by atoms with Gasteiger partial charge in [0.25, 0.3) is 0 Å². The molecule has 0 radical (unpaired) electrons. The monoisotopic (exact) mass is 181 g/mol. The highest BCUT2D eigenvalue weighted by molar-refractivity contribution is 5.89. The van der Waals surface area contributed by atoms with E-state index in [1.165, 1.54) is 0 Å². The molecule has 0 aliphatic carbocycles. The van der Waals surface area contributed by atoms with Gasteiger partial charge in [-0.3, -0.25) is 0 Å². The van der Waals surface area contributed by atoms with Gasteiger partial charge >= 0.3 is 0 Å². The first-order valence-electron chi connectivity index (χ1n) is 4.30. The van der Waals surface area contributed by atoms with Crippen LogP contribution in [0.2, 0.25) is 0 Å². The van der Waals surface area contributed by atoms with Gasteiger partial charge in [-0.25, -0.2) is 4.99 Å². The Balaban J connectivity index is 4.51. The molecule has 0 rings (SSSR count). The lowest BCUT2D eigenvalue weighted by molar-refractivity contribution is 0.691. The molecule has 0 aliphatic heterocycles. The molecule has 0 heterocycles. The number of allylic oxidation sites excluding steroid dienone is 3. The number of amidine groups is 1. The maximum Gasteiger partial charge on any atom is 0.118 e. The smallest absolute Gasteiger partial charge is 0.118 e. The highest BCUT2D eigenvalue weighted by Crippen LogP contribution is 1.99. The Morgan fingerprint density at radius 1 is 1.38 bits per heavy atom. The van der Waals surface area contributed by atoms with E-state index >= 15 is 0 Å². The highest BCUT2D eigenvalue weighted by atomic mass is 14.9. The summed E-state index contributed by atoms with van der Waals surface area (Å²) in [7, 11) is 0. The minimum Gasteiger partial charge on any atom is -0.386 e. The number of rotatable bonds is 3. The summed E-state index contributed by atoms with van der Waals surface area (Å²) in [5, 5.41) is 0. The van der Waals surface area contributed by atoms with Crippen LogP contribution in [0.5, 0.6) is 0 Å². The Morgan fingerprint density at radius 3 is 2.31 bits per heavy atom. The standard InChI is InChI=1S/C10H19N3/c1-5-6-8(2)7-13-9(11)10(3,4)12/h5-7H,12H2,1-4H3,(H2,11,13)/b6-5+,8-7-. The Morgan fingerprint density at radius 2 is 1.92 bits per heavy atom. The zero-order valence-electron chi connectivity index (χ0n) is 8.83. The van der Waals surface area contributed by atoms with Crippen LogP contribution in [-0.2, 0) is 0 Å². The van der Waals surface area contributed by atoms with E-state index in [0.29, 0.717) is 5.84 Å².